The van der Waals surface area contributed by atoms with Gasteiger partial charge in [0.1, 0.15) is 24.0 Å². The number of hydrogen-bond donors (Lipinski definition) is 5. The topological polar surface area (TPSA) is 175 Å². The number of halogens is 4. The zero-order valence-electron chi connectivity index (χ0n) is 20.3. The molecule has 0 aromatic rings. The highest BCUT2D eigenvalue weighted by atomic mass is 31.2. The normalized spacial score (nSPS) is 27.6. The molecule has 0 aromatic carbocycles. The first-order valence-corrected chi connectivity index (χ1v) is 12.9. The maximum atomic E-state index is 13.9. The third kappa shape index (κ3) is 5.72. The first kappa shape index (κ1) is 29.6. The van der Waals surface area contributed by atoms with Crippen LogP contribution in [0.25, 0.3) is 11.5 Å². The molecule has 0 spiro atoms. The van der Waals surface area contributed by atoms with E-state index >= 15 is 0 Å². The van der Waals surface area contributed by atoms with Crippen molar-refractivity contribution in [3.8, 4) is 11.5 Å². The minimum absolute atomic E-state index is 0.0956. The molecule has 0 saturated carbocycles. The van der Waals surface area contributed by atoms with Gasteiger partial charge in [0.2, 0.25) is 5.95 Å². The molecular weight excluding hydrogens is 529 g/mol. The summed E-state index contributed by atoms with van der Waals surface area (Å²) in [5, 5.41) is 29.4. The highest BCUT2D eigenvalue weighted by Crippen LogP contribution is 2.59. The summed E-state index contributed by atoms with van der Waals surface area (Å²) in [5.74, 6) is -2.54. The third-order valence-electron chi connectivity index (χ3n) is 6.62. The Bertz CT molecular complexity index is 1230. The molecule has 11 nitrogen and oxygen atoms in total. The number of aromatic nitrogens is 3. The van der Waals surface area contributed by atoms with E-state index < -0.39 is 83.4 Å². The summed E-state index contributed by atoms with van der Waals surface area (Å²) in [6.45, 7) is 5.68. The van der Waals surface area contributed by atoms with E-state index in [-0.39, 0.29) is 19.3 Å². The Balaban J connectivity index is 1.91. The van der Waals surface area contributed by atoms with Crippen molar-refractivity contribution < 1.29 is 51.6 Å². The van der Waals surface area contributed by atoms with Crippen LogP contribution in [0.15, 0.2) is 10.9 Å². The van der Waals surface area contributed by atoms with Crippen LogP contribution >= 0.6 is 7.60 Å². The number of ether oxygens (including phenoxy) is 1. The number of fused-ring (bicyclic) bond motifs is 1. The van der Waals surface area contributed by atoms with E-state index in [0.29, 0.717) is 0 Å². The second-order valence-corrected chi connectivity index (χ2v) is 11.6. The molecule has 3 aliphatic heterocycles. The van der Waals surface area contributed by atoms with Gasteiger partial charge >= 0.3 is 13.8 Å². The average Bonchev–Trinajstić information content (AvgIpc) is 3.05. The predicted molar refractivity (Wildman–Crippen MR) is 119 cm³/mol. The van der Waals surface area contributed by atoms with Gasteiger partial charge in [-0.25, -0.2) is 4.98 Å². The van der Waals surface area contributed by atoms with Gasteiger partial charge in [-0.2, -0.15) is 22.5 Å². The minimum Gasteiger partial charge on any atom is -0.388 e. The Hall–Kier alpha value is -2.00. The molecule has 1 saturated heterocycles. The maximum Gasteiger partial charge on any atom is 0.435 e. The number of H-pyrrole nitrogens is 1. The van der Waals surface area contributed by atoms with Gasteiger partial charge in [0.05, 0.1) is 17.3 Å². The molecule has 7 atom stereocenters. The molecule has 0 aromatic heterocycles. The molecular formula is C21H28F4N3O8P. The number of nitrogens with zero attached hydrogens (tertiary/aromatic N) is 2. The minimum atomic E-state index is -5.12. The molecule has 0 amide bonds. The van der Waals surface area contributed by atoms with Gasteiger partial charge in [-0.05, 0) is 32.8 Å². The first-order valence-electron chi connectivity index (χ1n) is 11.3. The molecule has 208 valence electrons. The van der Waals surface area contributed by atoms with Crippen molar-refractivity contribution in [2.24, 2.45) is 0 Å². The molecule has 0 radical (unpaired) electrons. The Morgan fingerprint density at radius 1 is 1.16 bits per heavy atom. The maximum absolute atomic E-state index is 13.9. The quantitative estimate of drug-likeness (QED) is 0.240. The fourth-order valence-electron chi connectivity index (χ4n) is 3.84. The van der Waals surface area contributed by atoms with E-state index in [4.69, 9.17) is 9.26 Å². The molecule has 1 fully saturated rings. The van der Waals surface area contributed by atoms with E-state index in [1.54, 1.807) is 11.9 Å². The summed E-state index contributed by atoms with van der Waals surface area (Å²) in [6.07, 6.45) is -11.5. The number of aliphatic hydroxyl groups is 3. The van der Waals surface area contributed by atoms with Gasteiger partial charge in [0.25, 0.3) is 5.56 Å². The summed E-state index contributed by atoms with van der Waals surface area (Å²) >= 11 is 0. The lowest BCUT2D eigenvalue weighted by Gasteiger charge is -2.37. The predicted octanol–water partition coefficient (Wildman–Crippen LogP) is 2.47. The zero-order chi connectivity index (χ0) is 28.1. The molecule has 37 heavy (non-hydrogen) atoms. The SMILES string of the molecule is CCC(C)(C[C@H]1O[C@@H](c2cc3nc(F)c(C(F)(F)F)[nH]c-3nc2=O)[C@@H](O)C1O)OP(=O)(O)C(C)(O)CC. The van der Waals surface area contributed by atoms with Crippen LogP contribution in [-0.2, 0) is 20.0 Å². The Kier molecular flexibility index (Phi) is 7.95. The second kappa shape index (κ2) is 9.95. The summed E-state index contributed by atoms with van der Waals surface area (Å²) in [6, 6.07) is 0.892. The van der Waals surface area contributed by atoms with E-state index in [9.17, 15) is 47.1 Å². The van der Waals surface area contributed by atoms with Crippen LogP contribution in [0.3, 0.4) is 0 Å². The largest absolute Gasteiger partial charge is 0.435 e. The first-order chi connectivity index (χ1) is 16.9. The Morgan fingerprint density at radius 3 is 2.32 bits per heavy atom. The van der Waals surface area contributed by atoms with E-state index in [0.717, 1.165) is 13.0 Å². The van der Waals surface area contributed by atoms with Gasteiger partial charge in [-0.15, -0.1) is 0 Å². The number of rotatable bonds is 8. The molecule has 0 aliphatic carbocycles. The number of hydrogen-bond acceptors (Lipinski definition) is 9. The van der Waals surface area contributed by atoms with Crippen molar-refractivity contribution in [2.45, 2.75) is 88.5 Å². The van der Waals surface area contributed by atoms with Gasteiger partial charge in [0.15, 0.2) is 16.9 Å². The van der Waals surface area contributed by atoms with Gasteiger partial charge in [0, 0.05) is 6.42 Å². The number of pyridine rings is 1. The molecule has 4 unspecified atom stereocenters. The fraction of sp³-hybridized carbons (Fsp3) is 0.667. The molecule has 16 heteroatoms. The van der Waals surface area contributed by atoms with Crippen molar-refractivity contribution in [3.63, 3.8) is 0 Å². The van der Waals surface area contributed by atoms with Gasteiger partial charge < -0.3 is 34.5 Å². The van der Waals surface area contributed by atoms with Crippen LogP contribution in [-0.4, -0.2) is 64.4 Å². The Morgan fingerprint density at radius 2 is 1.78 bits per heavy atom. The van der Waals surface area contributed by atoms with Gasteiger partial charge in [-0.3, -0.25) is 9.36 Å². The van der Waals surface area contributed by atoms with E-state index in [2.05, 4.69) is 9.97 Å². The second-order valence-electron chi connectivity index (χ2n) is 9.42. The van der Waals surface area contributed by atoms with Gasteiger partial charge in [-0.1, -0.05) is 13.8 Å². The number of nitrogens with one attached hydrogen (secondary N) is 1. The van der Waals surface area contributed by atoms with Crippen LogP contribution in [0.5, 0.6) is 0 Å². The molecule has 3 rings (SSSR count). The lowest BCUT2D eigenvalue weighted by Crippen LogP contribution is -2.40. The number of aromatic amines is 1. The highest BCUT2D eigenvalue weighted by Gasteiger charge is 2.51. The monoisotopic (exact) mass is 557 g/mol. The molecule has 3 heterocycles. The molecule has 5 N–H and O–H groups in total. The van der Waals surface area contributed by atoms with Crippen LogP contribution in [0, 0.1) is 5.95 Å². The fourth-order valence-corrected chi connectivity index (χ4v) is 5.24. The van der Waals surface area contributed by atoms with Crippen LogP contribution in [0.2, 0.25) is 0 Å². The zero-order valence-corrected chi connectivity index (χ0v) is 21.2. The third-order valence-corrected chi connectivity index (χ3v) is 8.84. The van der Waals surface area contributed by atoms with Crippen LogP contribution in [0.1, 0.15) is 64.3 Å². The summed E-state index contributed by atoms with van der Waals surface area (Å²) in [7, 11) is -4.59. The number of alkyl halides is 3. The van der Waals surface area contributed by atoms with Crippen molar-refractivity contribution in [1.82, 2.24) is 15.0 Å². The highest BCUT2D eigenvalue weighted by molar-refractivity contribution is 7.54. The summed E-state index contributed by atoms with van der Waals surface area (Å²) in [5.41, 5.74) is -5.23. The lowest BCUT2D eigenvalue weighted by molar-refractivity contribution is -0.144. The summed E-state index contributed by atoms with van der Waals surface area (Å²) < 4.78 is 76.5. The number of aliphatic hydroxyl groups excluding tert-OH is 2. The van der Waals surface area contributed by atoms with Crippen molar-refractivity contribution >= 4 is 7.60 Å². The average molecular weight is 557 g/mol. The molecule has 0 bridgehead atoms. The van der Waals surface area contributed by atoms with Crippen LogP contribution < -0.4 is 5.56 Å². The van der Waals surface area contributed by atoms with Crippen molar-refractivity contribution in [2.75, 3.05) is 0 Å². The van der Waals surface area contributed by atoms with Crippen LogP contribution in [0.4, 0.5) is 17.6 Å². The Labute approximate surface area is 208 Å². The smallest absolute Gasteiger partial charge is 0.388 e. The lowest BCUT2D eigenvalue weighted by atomic mass is 9.92. The standard InChI is InChI=1S/C21H28F4N3O8P/c1-5-19(3,36-37(33,34)20(4,32)6-2)8-11-12(29)13(30)14(35-11)9-7-10-17(28-18(9)31)27-15(16(22)26-10)21(23,24)25/h7,11-14,29-30,32H,5-6,8H2,1-4H3,(H,33,34)(H,27,28,31)/t11-,12?,13+,14+,19?,20?/m1/s1. The van der Waals surface area contributed by atoms with Crippen molar-refractivity contribution in [3.05, 3.63) is 33.6 Å². The van der Waals surface area contributed by atoms with E-state index in [1.807, 2.05) is 0 Å². The van der Waals surface area contributed by atoms with E-state index in [1.165, 1.54) is 13.8 Å². The van der Waals surface area contributed by atoms with Crippen molar-refractivity contribution in [1.29, 1.82) is 0 Å². The summed E-state index contributed by atoms with van der Waals surface area (Å²) in [4.78, 5) is 31.2. The molecule has 3 aliphatic rings.